The number of nitrogens with one attached hydrogen (secondary N) is 1. The molecule has 0 unspecified atom stereocenters. The Morgan fingerprint density at radius 3 is 2.74 bits per heavy atom. The van der Waals surface area contributed by atoms with Crippen LogP contribution in [0.15, 0.2) is 21.5 Å². The third-order valence-corrected chi connectivity index (χ3v) is 4.39. The van der Waals surface area contributed by atoms with Crippen molar-refractivity contribution in [2.45, 2.75) is 20.3 Å². The van der Waals surface area contributed by atoms with Crippen LogP contribution in [0, 0.1) is 5.92 Å². The van der Waals surface area contributed by atoms with Crippen LogP contribution in [0.25, 0.3) is 11.5 Å². The molecule has 6 nitrogen and oxygen atoms in total. The number of aromatic amines is 1. The molecular weight excluding hydrogens is 289 g/mol. The highest BCUT2D eigenvalue weighted by atomic mass is 32.1. The Balaban J connectivity index is 2.57. The van der Waals surface area contributed by atoms with Crippen LogP contribution < -0.4 is 10.2 Å². The lowest BCUT2D eigenvalue weighted by Crippen LogP contribution is -2.06. The summed E-state index contributed by atoms with van der Waals surface area (Å²) in [6, 6.07) is 1.23. The molecule has 0 spiro atoms. The lowest BCUT2D eigenvalue weighted by Gasteiger charge is -2.06. The minimum absolute atomic E-state index is 0.0438. The molecule has 0 saturated carbocycles. The van der Waals surface area contributed by atoms with E-state index in [0.717, 1.165) is 16.2 Å². The molecule has 104 valence electrons. The van der Waals surface area contributed by atoms with E-state index in [1.54, 1.807) is 0 Å². The van der Waals surface area contributed by atoms with Crippen molar-refractivity contribution in [1.82, 2.24) is 4.98 Å². The van der Waals surface area contributed by atoms with Gasteiger partial charge < -0.3 is 19.2 Å². The SMILES string of the molecule is CC(C)Cc1sc(=O)[nH]c1-c1occc1P(=O)(O)O. The molecule has 8 heteroatoms. The van der Waals surface area contributed by atoms with Crippen molar-refractivity contribution in [1.29, 1.82) is 0 Å². The summed E-state index contributed by atoms with van der Waals surface area (Å²) in [6.45, 7) is 4.00. The van der Waals surface area contributed by atoms with E-state index in [1.807, 2.05) is 13.8 Å². The molecule has 2 heterocycles. The lowest BCUT2D eigenvalue weighted by atomic mass is 10.1. The summed E-state index contributed by atoms with van der Waals surface area (Å²) in [5, 5.41) is -0.202. The van der Waals surface area contributed by atoms with Crippen molar-refractivity contribution in [3.05, 3.63) is 26.9 Å². The van der Waals surface area contributed by atoms with Crippen LogP contribution in [0.2, 0.25) is 0 Å². The molecule has 0 aromatic carbocycles. The first-order valence-electron chi connectivity index (χ1n) is 5.65. The number of thiazole rings is 1. The topological polar surface area (TPSA) is 104 Å². The summed E-state index contributed by atoms with van der Waals surface area (Å²) < 4.78 is 16.5. The molecule has 0 atom stereocenters. The first-order chi connectivity index (χ1) is 8.79. The normalized spacial score (nSPS) is 12.3. The fourth-order valence-corrected chi connectivity index (χ4v) is 3.50. The highest BCUT2D eigenvalue weighted by Gasteiger charge is 2.27. The maximum absolute atomic E-state index is 11.5. The van der Waals surface area contributed by atoms with E-state index in [0.29, 0.717) is 18.0 Å². The zero-order valence-electron chi connectivity index (χ0n) is 10.4. The molecule has 0 fully saturated rings. The molecule has 0 bridgehead atoms. The van der Waals surface area contributed by atoms with Gasteiger partial charge in [0.2, 0.25) is 0 Å². The van der Waals surface area contributed by atoms with E-state index >= 15 is 0 Å². The molecule has 2 rings (SSSR count). The van der Waals surface area contributed by atoms with Gasteiger partial charge in [0, 0.05) is 4.88 Å². The maximum atomic E-state index is 11.5. The van der Waals surface area contributed by atoms with Crippen molar-refractivity contribution >= 4 is 24.2 Å². The van der Waals surface area contributed by atoms with Gasteiger partial charge in [0.05, 0.1) is 12.0 Å². The highest BCUT2D eigenvalue weighted by molar-refractivity contribution is 7.60. The van der Waals surface area contributed by atoms with E-state index in [2.05, 4.69) is 4.98 Å². The van der Waals surface area contributed by atoms with Crippen molar-refractivity contribution < 1.29 is 18.8 Å². The fraction of sp³-hybridized carbons (Fsp3) is 0.364. The van der Waals surface area contributed by atoms with E-state index in [9.17, 15) is 19.1 Å². The first kappa shape index (κ1) is 14.3. The fourth-order valence-electron chi connectivity index (χ4n) is 1.78. The van der Waals surface area contributed by atoms with Crippen molar-refractivity contribution in [3.8, 4) is 11.5 Å². The van der Waals surface area contributed by atoms with Crippen LogP contribution in [0.3, 0.4) is 0 Å². The Morgan fingerprint density at radius 2 is 2.16 bits per heavy atom. The highest BCUT2D eigenvalue weighted by Crippen LogP contribution is 2.39. The van der Waals surface area contributed by atoms with Gasteiger partial charge in [-0.15, -0.1) is 0 Å². The molecule has 0 aliphatic heterocycles. The molecular formula is C11H14NO5PS. The number of aromatic nitrogens is 1. The first-order valence-corrected chi connectivity index (χ1v) is 8.08. The quantitative estimate of drug-likeness (QED) is 0.746. The average Bonchev–Trinajstić information content (AvgIpc) is 2.82. The molecule has 0 aliphatic rings. The smallest absolute Gasteiger partial charge is 0.360 e. The molecule has 0 aliphatic carbocycles. The molecule has 2 aromatic rings. The van der Waals surface area contributed by atoms with Crippen LogP contribution in [0.5, 0.6) is 0 Å². The van der Waals surface area contributed by atoms with Gasteiger partial charge in [-0.25, -0.2) is 0 Å². The van der Waals surface area contributed by atoms with Crippen LogP contribution in [0.4, 0.5) is 0 Å². The Hall–Kier alpha value is -1.14. The molecule has 2 aromatic heterocycles. The summed E-state index contributed by atoms with van der Waals surface area (Å²) in [4.78, 5) is 33.1. The summed E-state index contributed by atoms with van der Waals surface area (Å²) in [6.07, 6.45) is 1.85. The van der Waals surface area contributed by atoms with Gasteiger partial charge in [0.15, 0.2) is 5.76 Å². The van der Waals surface area contributed by atoms with Gasteiger partial charge in [-0.1, -0.05) is 25.2 Å². The monoisotopic (exact) mass is 303 g/mol. The van der Waals surface area contributed by atoms with Crippen molar-refractivity contribution in [2.24, 2.45) is 5.92 Å². The third kappa shape index (κ3) is 3.06. The largest absolute Gasteiger partial charge is 0.462 e. The molecule has 0 radical (unpaired) electrons. The molecule has 19 heavy (non-hydrogen) atoms. The molecule has 3 N–H and O–H groups in total. The van der Waals surface area contributed by atoms with Crippen LogP contribution >= 0.6 is 18.9 Å². The zero-order valence-corrected chi connectivity index (χ0v) is 12.1. The Kier molecular flexibility index (Phi) is 3.82. The number of furan rings is 1. The van der Waals surface area contributed by atoms with Crippen molar-refractivity contribution in [2.75, 3.05) is 0 Å². The molecule has 0 saturated heterocycles. The van der Waals surface area contributed by atoms with Gasteiger partial charge in [0.1, 0.15) is 5.30 Å². The predicted molar refractivity (Wildman–Crippen MR) is 72.9 cm³/mol. The predicted octanol–water partition coefficient (Wildman–Crippen LogP) is 1.70. The summed E-state index contributed by atoms with van der Waals surface area (Å²) in [7, 11) is -4.43. The standard InChI is InChI=1S/C11H14NO5PS/c1-6(2)5-8-9(12-11(13)19-8)10-7(3-4-17-10)18(14,15)16/h3-4,6H,5H2,1-2H3,(H,12,13)(H2,14,15,16). The summed E-state index contributed by atoms with van der Waals surface area (Å²) in [5.41, 5.74) is 0.368. The van der Waals surface area contributed by atoms with E-state index in [-0.39, 0.29) is 15.9 Å². The van der Waals surface area contributed by atoms with Gasteiger partial charge >= 0.3 is 12.5 Å². The second-order valence-electron chi connectivity index (χ2n) is 4.59. The van der Waals surface area contributed by atoms with E-state index in [4.69, 9.17) is 4.42 Å². The summed E-state index contributed by atoms with van der Waals surface area (Å²) in [5.74, 6) is 0.362. The maximum Gasteiger partial charge on any atom is 0.360 e. The van der Waals surface area contributed by atoms with E-state index < -0.39 is 7.60 Å². The van der Waals surface area contributed by atoms with Crippen molar-refractivity contribution in [3.63, 3.8) is 0 Å². The number of hydrogen-bond acceptors (Lipinski definition) is 4. The van der Waals surface area contributed by atoms with Gasteiger partial charge in [-0.05, 0) is 18.4 Å². The summed E-state index contributed by atoms with van der Waals surface area (Å²) >= 11 is 1.04. The Morgan fingerprint density at radius 1 is 1.47 bits per heavy atom. The lowest BCUT2D eigenvalue weighted by molar-refractivity contribution is 0.387. The minimum atomic E-state index is -4.43. The van der Waals surface area contributed by atoms with Gasteiger partial charge in [-0.2, -0.15) is 0 Å². The van der Waals surface area contributed by atoms with Crippen LogP contribution in [-0.2, 0) is 11.0 Å². The van der Waals surface area contributed by atoms with Crippen LogP contribution in [0.1, 0.15) is 18.7 Å². The third-order valence-electron chi connectivity index (χ3n) is 2.50. The second-order valence-corrected chi connectivity index (χ2v) is 7.23. The van der Waals surface area contributed by atoms with E-state index in [1.165, 1.54) is 12.3 Å². The number of H-pyrrole nitrogens is 1. The minimum Gasteiger partial charge on any atom is -0.462 e. The van der Waals surface area contributed by atoms with Gasteiger partial charge in [0.25, 0.3) is 0 Å². The van der Waals surface area contributed by atoms with Crippen LogP contribution in [-0.4, -0.2) is 14.8 Å². The Bertz CT molecular complexity index is 677. The average molecular weight is 303 g/mol. The number of hydrogen-bond donors (Lipinski definition) is 3. The Labute approximate surface area is 113 Å². The second kappa shape index (κ2) is 5.09. The number of rotatable bonds is 4. The van der Waals surface area contributed by atoms with Gasteiger partial charge in [-0.3, -0.25) is 9.36 Å². The zero-order chi connectivity index (χ0) is 14.2. The molecule has 0 amide bonds.